The van der Waals surface area contributed by atoms with Gasteiger partial charge in [-0.05, 0) is 25.8 Å². The second kappa shape index (κ2) is 5.41. The van der Waals surface area contributed by atoms with Crippen LogP contribution in [0.4, 0.5) is 0 Å². The van der Waals surface area contributed by atoms with E-state index in [1.54, 1.807) is 0 Å². The summed E-state index contributed by atoms with van der Waals surface area (Å²) in [4.78, 5) is 14.6. The quantitative estimate of drug-likeness (QED) is 0.623. The molecule has 3 heteroatoms. The van der Waals surface area contributed by atoms with Crippen molar-refractivity contribution >= 4 is 5.97 Å². The van der Waals surface area contributed by atoms with Crippen LogP contribution in [-0.4, -0.2) is 29.6 Å². The molecule has 3 nitrogen and oxygen atoms in total. The van der Waals surface area contributed by atoms with Gasteiger partial charge in [0.2, 0.25) is 0 Å². The first-order chi connectivity index (χ1) is 9.72. The van der Waals surface area contributed by atoms with Crippen LogP contribution in [0.3, 0.4) is 0 Å². The van der Waals surface area contributed by atoms with Gasteiger partial charge in [-0.25, -0.2) is 0 Å². The summed E-state index contributed by atoms with van der Waals surface area (Å²) in [5.74, 6) is 0.234. The van der Waals surface area contributed by atoms with Crippen molar-refractivity contribution in [1.29, 1.82) is 0 Å². The van der Waals surface area contributed by atoms with E-state index in [1.807, 2.05) is 13.0 Å². The van der Waals surface area contributed by atoms with Crippen LogP contribution in [0.5, 0.6) is 0 Å². The molecule has 1 fully saturated rings. The lowest BCUT2D eigenvalue weighted by Crippen LogP contribution is -2.46. The minimum atomic E-state index is -0.125. The molecule has 0 radical (unpaired) electrons. The van der Waals surface area contributed by atoms with E-state index >= 15 is 0 Å². The van der Waals surface area contributed by atoms with Gasteiger partial charge >= 0.3 is 5.97 Å². The van der Waals surface area contributed by atoms with Crippen molar-refractivity contribution < 1.29 is 9.53 Å². The zero-order valence-corrected chi connectivity index (χ0v) is 12.0. The number of hydrogen-bond donors (Lipinski definition) is 0. The van der Waals surface area contributed by atoms with Crippen LogP contribution < -0.4 is 0 Å². The molecule has 4 atom stereocenters. The molecule has 1 aliphatic heterocycles. The molecule has 106 valence electrons. The Morgan fingerprint density at radius 3 is 2.80 bits per heavy atom. The van der Waals surface area contributed by atoms with Crippen LogP contribution in [0.15, 0.2) is 42.5 Å². The van der Waals surface area contributed by atoms with E-state index in [0.717, 1.165) is 6.42 Å². The highest BCUT2D eigenvalue weighted by Crippen LogP contribution is 2.42. The van der Waals surface area contributed by atoms with Crippen molar-refractivity contribution in [1.82, 2.24) is 4.90 Å². The molecule has 1 saturated heterocycles. The molecular weight excluding hydrogens is 250 g/mol. The number of likely N-dealkylation sites (tertiary alicyclic amines) is 1. The van der Waals surface area contributed by atoms with Crippen LogP contribution in [-0.2, 0) is 9.53 Å². The van der Waals surface area contributed by atoms with Crippen molar-refractivity contribution in [2.24, 2.45) is 5.92 Å². The fourth-order valence-corrected chi connectivity index (χ4v) is 3.55. The molecule has 0 aromatic heterocycles. The number of fused-ring (bicyclic) bond motifs is 2. The van der Waals surface area contributed by atoms with Gasteiger partial charge in [-0.15, -0.1) is 0 Å². The Morgan fingerprint density at radius 2 is 2.10 bits per heavy atom. The molecule has 0 saturated carbocycles. The Labute approximate surface area is 120 Å². The van der Waals surface area contributed by atoms with Gasteiger partial charge in [0.05, 0.1) is 6.61 Å². The lowest BCUT2D eigenvalue weighted by Gasteiger charge is -2.36. The SMILES string of the molecule is CCOC(=O)C1C2C=CC(C2)N1[C@@H](C)c1ccccc1. The highest BCUT2D eigenvalue weighted by molar-refractivity contribution is 5.77. The summed E-state index contributed by atoms with van der Waals surface area (Å²) >= 11 is 0. The van der Waals surface area contributed by atoms with E-state index in [-0.39, 0.29) is 18.1 Å². The summed E-state index contributed by atoms with van der Waals surface area (Å²) in [6, 6.07) is 10.8. The summed E-state index contributed by atoms with van der Waals surface area (Å²) in [5.41, 5.74) is 1.25. The maximum absolute atomic E-state index is 12.3. The Kier molecular flexibility index (Phi) is 3.62. The van der Waals surface area contributed by atoms with E-state index in [4.69, 9.17) is 4.74 Å². The number of rotatable bonds is 4. The lowest BCUT2D eigenvalue weighted by atomic mass is 9.99. The Bertz CT molecular complexity index is 511. The predicted octanol–water partition coefficient (Wildman–Crippen LogP) is 2.94. The fraction of sp³-hybridized carbons (Fsp3) is 0.471. The summed E-state index contributed by atoms with van der Waals surface area (Å²) in [7, 11) is 0. The molecule has 3 unspecified atom stereocenters. The molecular formula is C17H21NO2. The van der Waals surface area contributed by atoms with Gasteiger partial charge < -0.3 is 4.74 Å². The van der Waals surface area contributed by atoms with E-state index in [1.165, 1.54) is 5.56 Å². The number of benzene rings is 1. The highest BCUT2D eigenvalue weighted by atomic mass is 16.5. The summed E-state index contributed by atoms with van der Waals surface area (Å²) in [6.45, 7) is 4.49. The number of ether oxygens (including phenoxy) is 1. The number of esters is 1. The zero-order chi connectivity index (χ0) is 14.1. The first-order valence-electron chi connectivity index (χ1n) is 7.39. The van der Waals surface area contributed by atoms with Gasteiger partial charge in [0.15, 0.2) is 0 Å². The number of carbonyl (C=O) groups excluding carboxylic acids is 1. The Morgan fingerprint density at radius 1 is 1.35 bits per heavy atom. The van der Waals surface area contributed by atoms with Crippen LogP contribution in [0.1, 0.15) is 31.9 Å². The molecule has 0 amide bonds. The van der Waals surface area contributed by atoms with Gasteiger partial charge in [-0.1, -0.05) is 42.5 Å². The molecule has 3 rings (SSSR count). The maximum Gasteiger partial charge on any atom is 0.323 e. The van der Waals surface area contributed by atoms with Gasteiger partial charge in [-0.2, -0.15) is 0 Å². The average Bonchev–Trinajstić information content (AvgIpc) is 3.08. The third-order valence-electron chi connectivity index (χ3n) is 4.46. The first kappa shape index (κ1) is 13.4. The second-order valence-corrected chi connectivity index (χ2v) is 5.58. The van der Waals surface area contributed by atoms with Crippen molar-refractivity contribution in [2.75, 3.05) is 6.61 Å². The molecule has 0 spiro atoms. The van der Waals surface area contributed by atoms with E-state index in [0.29, 0.717) is 18.6 Å². The topological polar surface area (TPSA) is 29.5 Å². The van der Waals surface area contributed by atoms with Crippen molar-refractivity contribution in [3.8, 4) is 0 Å². The third kappa shape index (κ3) is 2.16. The summed E-state index contributed by atoms with van der Waals surface area (Å²) < 4.78 is 5.28. The van der Waals surface area contributed by atoms with Crippen LogP contribution in [0.25, 0.3) is 0 Å². The molecule has 0 N–H and O–H groups in total. The minimum absolute atomic E-state index is 0.0767. The average molecular weight is 271 g/mol. The Hall–Kier alpha value is -1.61. The van der Waals surface area contributed by atoms with Gasteiger partial charge in [0.1, 0.15) is 6.04 Å². The molecule has 20 heavy (non-hydrogen) atoms. The lowest BCUT2D eigenvalue weighted by molar-refractivity contribution is -0.150. The first-order valence-corrected chi connectivity index (χ1v) is 7.39. The zero-order valence-electron chi connectivity index (χ0n) is 12.0. The van der Waals surface area contributed by atoms with E-state index < -0.39 is 0 Å². The Balaban J connectivity index is 1.87. The molecule has 2 aliphatic rings. The van der Waals surface area contributed by atoms with Gasteiger partial charge in [0.25, 0.3) is 0 Å². The summed E-state index contributed by atoms with van der Waals surface area (Å²) in [5, 5.41) is 0. The minimum Gasteiger partial charge on any atom is -0.465 e. The third-order valence-corrected chi connectivity index (χ3v) is 4.46. The largest absolute Gasteiger partial charge is 0.465 e. The standard InChI is InChI=1S/C17H21NO2/c1-3-20-17(19)16-14-9-10-15(11-14)18(16)12(2)13-7-5-4-6-8-13/h4-10,12,14-16H,3,11H2,1-2H3/t12-,14?,15?,16?/m0/s1. The van der Waals surface area contributed by atoms with Crippen molar-refractivity contribution in [3.05, 3.63) is 48.0 Å². The molecule has 2 bridgehead atoms. The van der Waals surface area contributed by atoms with E-state index in [2.05, 4.69) is 48.2 Å². The second-order valence-electron chi connectivity index (χ2n) is 5.58. The molecule has 1 aromatic rings. The monoisotopic (exact) mass is 271 g/mol. The highest BCUT2D eigenvalue weighted by Gasteiger charge is 2.49. The normalized spacial score (nSPS) is 29.6. The molecule has 1 heterocycles. The smallest absolute Gasteiger partial charge is 0.323 e. The number of carbonyl (C=O) groups is 1. The van der Waals surface area contributed by atoms with Crippen LogP contribution in [0, 0.1) is 5.92 Å². The molecule has 1 aliphatic carbocycles. The number of hydrogen-bond acceptors (Lipinski definition) is 3. The van der Waals surface area contributed by atoms with Gasteiger partial charge in [-0.3, -0.25) is 9.69 Å². The van der Waals surface area contributed by atoms with Crippen LogP contribution >= 0.6 is 0 Å². The van der Waals surface area contributed by atoms with E-state index in [9.17, 15) is 4.79 Å². The van der Waals surface area contributed by atoms with Crippen molar-refractivity contribution in [2.45, 2.75) is 38.4 Å². The van der Waals surface area contributed by atoms with Gasteiger partial charge in [0, 0.05) is 18.0 Å². The summed E-state index contributed by atoms with van der Waals surface area (Å²) in [6.07, 6.45) is 5.46. The predicted molar refractivity (Wildman–Crippen MR) is 78.2 cm³/mol. The maximum atomic E-state index is 12.3. The van der Waals surface area contributed by atoms with Crippen LogP contribution in [0.2, 0.25) is 0 Å². The fourth-order valence-electron chi connectivity index (χ4n) is 3.55. The number of nitrogens with zero attached hydrogens (tertiary/aromatic N) is 1. The molecule has 1 aromatic carbocycles. The van der Waals surface area contributed by atoms with Crippen molar-refractivity contribution in [3.63, 3.8) is 0 Å².